The van der Waals surface area contributed by atoms with E-state index in [0.717, 1.165) is 0 Å². The van der Waals surface area contributed by atoms with E-state index in [1.54, 1.807) is 24.0 Å². The number of amides is 1. The molecule has 1 amide bonds. The zero-order chi connectivity index (χ0) is 13.9. The van der Waals surface area contributed by atoms with Gasteiger partial charge in [0.1, 0.15) is 0 Å². The summed E-state index contributed by atoms with van der Waals surface area (Å²) >= 11 is 0. The van der Waals surface area contributed by atoms with Crippen molar-refractivity contribution >= 4 is 11.9 Å². The molecule has 104 valence electrons. The average molecular weight is 258 g/mol. The van der Waals surface area contributed by atoms with Crippen molar-refractivity contribution in [2.24, 2.45) is 5.92 Å². The zero-order valence-corrected chi connectivity index (χ0v) is 11.5. The number of carboxylic acids is 1. The molecule has 1 atom stereocenters. The predicted octanol–water partition coefficient (Wildman–Crippen LogP) is -0.114. The maximum absolute atomic E-state index is 12.4. The molecule has 0 aromatic carbocycles. The Morgan fingerprint density at radius 1 is 1.50 bits per heavy atom. The first kappa shape index (κ1) is 14.9. The van der Waals surface area contributed by atoms with E-state index in [-0.39, 0.29) is 12.5 Å². The van der Waals surface area contributed by atoms with Crippen LogP contribution in [0.1, 0.15) is 13.8 Å². The molecule has 6 heteroatoms. The van der Waals surface area contributed by atoms with E-state index >= 15 is 0 Å². The third-order valence-corrected chi connectivity index (χ3v) is 3.61. The lowest BCUT2D eigenvalue weighted by atomic mass is 10.0. The van der Waals surface area contributed by atoms with Crippen molar-refractivity contribution in [2.45, 2.75) is 19.4 Å². The minimum Gasteiger partial charge on any atom is -0.481 e. The van der Waals surface area contributed by atoms with E-state index in [9.17, 15) is 14.7 Å². The van der Waals surface area contributed by atoms with Crippen molar-refractivity contribution in [2.75, 3.05) is 40.4 Å². The van der Waals surface area contributed by atoms with Gasteiger partial charge in [-0.15, -0.1) is 0 Å². The minimum absolute atomic E-state index is 0.0502. The highest BCUT2D eigenvalue weighted by Crippen LogP contribution is 2.22. The van der Waals surface area contributed by atoms with Crippen LogP contribution < -0.4 is 0 Å². The number of carboxylic acid groups (broad SMARTS) is 1. The summed E-state index contributed by atoms with van der Waals surface area (Å²) in [4.78, 5) is 27.0. The fourth-order valence-electron chi connectivity index (χ4n) is 2.07. The molecule has 0 saturated carbocycles. The number of hydrogen-bond donors (Lipinski definition) is 1. The fraction of sp³-hybridized carbons (Fsp3) is 0.833. The van der Waals surface area contributed by atoms with Crippen LogP contribution in [0, 0.1) is 5.92 Å². The molecule has 1 aliphatic rings. The summed E-state index contributed by atoms with van der Waals surface area (Å²) in [6.07, 6.45) is 0. The van der Waals surface area contributed by atoms with E-state index in [1.165, 1.54) is 0 Å². The Bertz CT molecular complexity index is 330. The van der Waals surface area contributed by atoms with Crippen molar-refractivity contribution in [3.05, 3.63) is 0 Å². The number of rotatable bonds is 4. The van der Waals surface area contributed by atoms with E-state index in [2.05, 4.69) is 0 Å². The molecule has 1 unspecified atom stereocenters. The third kappa shape index (κ3) is 3.00. The Morgan fingerprint density at radius 2 is 2.11 bits per heavy atom. The van der Waals surface area contributed by atoms with E-state index in [1.807, 2.05) is 13.8 Å². The molecule has 0 aliphatic carbocycles. The normalized spacial score (nSPS) is 25.0. The second-order valence-electron chi connectivity index (χ2n) is 5.22. The van der Waals surface area contributed by atoms with Crippen molar-refractivity contribution in [1.29, 1.82) is 0 Å². The van der Waals surface area contributed by atoms with Crippen LogP contribution in [-0.4, -0.2) is 72.7 Å². The summed E-state index contributed by atoms with van der Waals surface area (Å²) in [5, 5.41) is 9.18. The second kappa shape index (κ2) is 5.67. The molecule has 1 heterocycles. The fourth-order valence-corrected chi connectivity index (χ4v) is 2.07. The van der Waals surface area contributed by atoms with Crippen LogP contribution in [0.2, 0.25) is 0 Å². The molecule has 18 heavy (non-hydrogen) atoms. The first-order chi connectivity index (χ1) is 8.30. The summed E-state index contributed by atoms with van der Waals surface area (Å²) in [6, 6.07) is 0. The van der Waals surface area contributed by atoms with E-state index < -0.39 is 17.4 Å². The molecule has 1 N–H and O–H groups in total. The Balaban J connectivity index is 2.94. The van der Waals surface area contributed by atoms with Crippen LogP contribution in [0.25, 0.3) is 0 Å². The molecular weight excluding hydrogens is 236 g/mol. The van der Waals surface area contributed by atoms with Crippen molar-refractivity contribution in [3.63, 3.8) is 0 Å². The van der Waals surface area contributed by atoms with Gasteiger partial charge in [0.15, 0.2) is 0 Å². The second-order valence-corrected chi connectivity index (χ2v) is 5.22. The molecule has 0 aromatic rings. The number of carbonyl (C=O) groups excluding carboxylic acids is 1. The summed E-state index contributed by atoms with van der Waals surface area (Å²) in [5.41, 5.74) is -0.683. The molecule has 0 spiro atoms. The quantitative estimate of drug-likeness (QED) is 0.761. The summed E-state index contributed by atoms with van der Waals surface area (Å²) in [7, 11) is 3.35. The van der Waals surface area contributed by atoms with Gasteiger partial charge in [0, 0.05) is 26.7 Å². The van der Waals surface area contributed by atoms with Crippen molar-refractivity contribution in [3.8, 4) is 0 Å². The number of carbonyl (C=O) groups is 2. The van der Waals surface area contributed by atoms with Gasteiger partial charge in [-0.2, -0.15) is 0 Å². The van der Waals surface area contributed by atoms with Gasteiger partial charge < -0.3 is 14.7 Å². The number of ether oxygens (including phenoxy) is 1. The lowest BCUT2D eigenvalue weighted by Crippen LogP contribution is -2.52. The summed E-state index contributed by atoms with van der Waals surface area (Å²) in [6.45, 7) is 5.09. The number of aliphatic carboxylic acids is 1. The molecule has 6 nitrogen and oxygen atoms in total. The van der Waals surface area contributed by atoms with Crippen LogP contribution in [0.3, 0.4) is 0 Å². The van der Waals surface area contributed by atoms with Gasteiger partial charge in [0.05, 0.1) is 18.1 Å². The van der Waals surface area contributed by atoms with E-state index in [0.29, 0.717) is 19.7 Å². The largest absolute Gasteiger partial charge is 0.481 e. The Kier molecular flexibility index (Phi) is 4.70. The van der Waals surface area contributed by atoms with Crippen LogP contribution >= 0.6 is 0 Å². The molecular formula is C12H22N2O4. The van der Waals surface area contributed by atoms with Gasteiger partial charge >= 0.3 is 5.97 Å². The maximum Gasteiger partial charge on any atom is 0.309 e. The molecule has 0 radical (unpaired) electrons. The number of hydrogen-bond acceptors (Lipinski definition) is 4. The smallest absolute Gasteiger partial charge is 0.309 e. The first-order valence-electron chi connectivity index (χ1n) is 6.03. The van der Waals surface area contributed by atoms with Gasteiger partial charge in [-0.3, -0.25) is 14.5 Å². The molecule has 0 bridgehead atoms. The van der Waals surface area contributed by atoms with E-state index in [4.69, 9.17) is 4.74 Å². The first-order valence-corrected chi connectivity index (χ1v) is 6.03. The number of methoxy groups -OCH3 is 1. The highest BCUT2D eigenvalue weighted by atomic mass is 16.5. The van der Waals surface area contributed by atoms with Crippen molar-refractivity contribution in [1.82, 2.24) is 9.80 Å². The van der Waals surface area contributed by atoms with Crippen LogP contribution in [0.15, 0.2) is 0 Å². The SMILES string of the molecule is COCCN1CC(C(=O)O)CN(C)C(C)(C)C1=O. The van der Waals surface area contributed by atoms with Crippen LogP contribution in [-0.2, 0) is 14.3 Å². The van der Waals surface area contributed by atoms with Gasteiger partial charge in [-0.05, 0) is 20.9 Å². The zero-order valence-electron chi connectivity index (χ0n) is 11.5. The molecule has 1 aliphatic heterocycles. The molecule has 0 aromatic heterocycles. The molecule has 1 saturated heterocycles. The Labute approximate surface area is 107 Å². The monoisotopic (exact) mass is 258 g/mol. The standard InChI is InChI=1S/C12H22N2O4/c1-12(2)11(17)14(5-6-18-4)8-9(10(15)16)7-13(12)3/h9H,5-8H2,1-4H3,(H,15,16). The predicted molar refractivity (Wildman–Crippen MR) is 66.3 cm³/mol. The Hall–Kier alpha value is -1.14. The summed E-state index contributed by atoms with van der Waals surface area (Å²) in [5.74, 6) is -1.47. The highest BCUT2D eigenvalue weighted by Gasteiger charge is 2.42. The van der Waals surface area contributed by atoms with Gasteiger partial charge in [0.25, 0.3) is 0 Å². The lowest BCUT2D eigenvalue weighted by molar-refractivity contribution is -0.143. The minimum atomic E-state index is -0.866. The molecule has 1 fully saturated rings. The summed E-state index contributed by atoms with van der Waals surface area (Å²) < 4.78 is 4.97. The third-order valence-electron chi connectivity index (χ3n) is 3.61. The van der Waals surface area contributed by atoms with Crippen molar-refractivity contribution < 1.29 is 19.4 Å². The topological polar surface area (TPSA) is 70.1 Å². The van der Waals surface area contributed by atoms with Crippen LogP contribution in [0.4, 0.5) is 0 Å². The van der Waals surface area contributed by atoms with Gasteiger partial charge in [0.2, 0.25) is 5.91 Å². The lowest BCUT2D eigenvalue weighted by Gasteiger charge is -2.34. The van der Waals surface area contributed by atoms with Crippen LogP contribution in [0.5, 0.6) is 0 Å². The number of nitrogens with zero attached hydrogens (tertiary/aromatic N) is 2. The average Bonchev–Trinajstić information content (AvgIpc) is 2.38. The molecule has 1 rings (SSSR count). The highest BCUT2D eigenvalue weighted by molar-refractivity contribution is 5.86. The Morgan fingerprint density at radius 3 is 2.61 bits per heavy atom. The van der Waals surface area contributed by atoms with Gasteiger partial charge in [-0.25, -0.2) is 0 Å². The maximum atomic E-state index is 12.4. The number of likely N-dealkylation sites (N-methyl/N-ethyl adjacent to an activating group) is 1. The van der Waals surface area contributed by atoms with Gasteiger partial charge in [-0.1, -0.05) is 0 Å².